The Morgan fingerprint density at radius 3 is 2.39 bits per heavy atom. The molecule has 168 valence electrons. The lowest BCUT2D eigenvalue weighted by molar-refractivity contribution is -0.140. The number of hydrogen-bond acceptors (Lipinski definition) is 3. The van der Waals surface area contributed by atoms with Gasteiger partial charge >= 0.3 is 0 Å². The van der Waals surface area contributed by atoms with Gasteiger partial charge in [-0.25, -0.2) is 0 Å². The molecule has 1 N–H and O–H groups in total. The molecule has 31 heavy (non-hydrogen) atoms. The van der Waals surface area contributed by atoms with Crippen LogP contribution >= 0.6 is 11.6 Å². The molecule has 0 fully saturated rings. The van der Waals surface area contributed by atoms with Gasteiger partial charge in [0.25, 0.3) is 0 Å². The largest absolute Gasteiger partial charge is 0.494 e. The lowest BCUT2D eigenvalue weighted by Crippen LogP contribution is -2.50. The SMILES string of the molecule is CCC(C)NC(=O)C(C)N(CCc1ccccc1)C(=O)CCCOc1ccc(Cl)cc1. The molecule has 0 spiro atoms. The number of hydrogen-bond donors (Lipinski definition) is 1. The Balaban J connectivity index is 1.93. The van der Waals surface area contributed by atoms with E-state index >= 15 is 0 Å². The Bertz CT molecular complexity index is 811. The molecular weight excluding hydrogens is 412 g/mol. The molecule has 2 amide bonds. The first-order valence-electron chi connectivity index (χ1n) is 10.9. The molecule has 0 aliphatic heterocycles. The highest BCUT2D eigenvalue weighted by atomic mass is 35.5. The van der Waals surface area contributed by atoms with Crippen LogP contribution in [0.25, 0.3) is 0 Å². The fourth-order valence-electron chi connectivity index (χ4n) is 3.12. The maximum Gasteiger partial charge on any atom is 0.242 e. The molecule has 0 aromatic heterocycles. The van der Waals surface area contributed by atoms with E-state index in [1.165, 1.54) is 0 Å². The minimum atomic E-state index is -0.526. The van der Waals surface area contributed by atoms with Gasteiger partial charge in [-0.1, -0.05) is 48.9 Å². The van der Waals surface area contributed by atoms with Gasteiger partial charge in [0.15, 0.2) is 0 Å². The number of nitrogens with zero attached hydrogens (tertiary/aromatic N) is 1. The molecular formula is C25H33ClN2O3. The molecule has 0 saturated carbocycles. The highest BCUT2D eigenvalue weighted by Gasteiger charge is 2.26. The summed E-state index contributed by atoms with van der Waals surface area (Å²) >= 11 is 5.88. The average molecular weight is 445 g/mol. The van der Waals surface area contributed by atoms with E-state index in [1.54, 1.807) is 36.1 Å². The van der Waals surface area contributed by atoms with Crippen molar-refractivity contribution < 1.29 is 14.3 Å². The Morgan fingerprint density at radius 1 is 1.06 bits per heavy atom. The van der Waals surface area contributed by atoms with Gasteiger partial charge in [-0.05, 0) is 62.9 Å². The molecule has 0 aliphatic rings. The first-order chi connectivity index (χ1) is 14.9. The molecule has 0 heterocycles. The van der Waals surface area contributed by atoms with Crippen LogP contribution < -0.4 is 10.1 Å². The Morgan fingerprint density at radius 2 is 1.74 bits per heavy atom. The van der Waals surface area contributed by atoms with E-state index in [4.69, 9.17) is 16.3 Å². The molecule has 0 bridgehead atoms. The van der Waals surface area contributed by atoms with Gasteiger partial charge < -0.3 is 15.0 Å². The summed E-state index contributed by atoms with van der Waals surface area (Å²) in [5.74, 6) is 0.565. The first-order valence-corrected chi connectivity index (χ1v) is 11.3. The predicted octanol–water partition coefficient (Wildman–Crippen LogP) is 4.87. The number of carbonyl (C=O) groups excluding carboxylic acids is 2. The van der Waals surface area contributed by atoms with Crippen molar-refractivity contribution in [2.24, 2.45) is 0 Å². The third-order valence-electron chi connectivity index (χ3n) is 5.27. The number of rotatable bonds is 12. The predicted molar refractivity (Wildman–Crippen MR) is 125 cm³/mol. The number of halogens is 1. The number of carbonyl (C=O) groups is 2. The lowest BCUT2D eigenvalue weighted by atomic mass is 10.1. The van der Waals surface area contributed by atoms with Crippen LogP contribution in [0.4, 0.5) is 0 Å². The van der Waals surface area contributed by atoms with E-state index in [0.29, 0.717) is 37.4 Å². The van der Waals surface area contributed by atoms with Crippen LogP contribution in [0.5, 0.6) is 5.75 Å². The minimum Gasteiger partial charge on any atom is -0.494 e. The summed E-state index contributed by atoms with van der Waals surface area (Å²) in [6.07, 6.45) is 2.44. The van der Waals surface area contributed by atoms with Gasteiger partial charge in [0.05, 0.1) is 6.61 Å². The zero-order valence-corrected chi connectivity index (χ0v) is 19.4. The number of amides is 2. The number of ether oxygens (including phenoxy) is 1. The molecule has 6 heteroatoms. The molecule has 2 atom stereocenters. The van der Waals surface area contributed by atoms with Crippen molar-refractivity contribution in [2.45, 2.75) is 58.5 Å². The van der Waals surface area contributed by atoms with Crippen molar-refractivity contribution in [3.63, 3.8) is 0 Å². The minimum absolute atomic E-state index is 0.0394. The van der Waals surface area contributed by atoms with Gasteiger partial charge in [0.1, 0.15) is 11.8 Å². The monoisotopic (exact) mass is 444 g/mol. The van der Waals surface area contributed by atoms with E-state index in [2.05, 4.69) is 5.32 Å². The van der Waals surface area contributed by atoms with Crippen LogP contribution in [0, 0.1) is 0 Å². The summed E-state index contributed by atoms with van der Waals surface area (Å²) in [6, 6.07) is 16.7. The molecule has 0 radical (unpaired) electrons. The fraction of sp³-hybridized carbons (Fsp3) is 0.440. The van der Waals surface area contributed by atoms with Crippen molar-refractivity contribution >= 4 is 23.4 Å². The summed E-state index contributed by atoms with van der Waals surface area (Å²) < 4.78 is 5.69. The molecule has 2 unspecified atom stereocenters. The van der Waals surface area contributed by atoms with Crippen LogP contribution in [0.2, 0.25) is 5.02 Å². The van der Waals surface area contributed by atoms with Crippen LogP contribution in [-0.2, 0) is 16.0 Å². The van der Waals surface area contributed by atoms with Crippen LogP contribution in [-0.4, -0.2) is 41.9 Å². The van der Waals surface area contributed by atoms with Gasteiger partial charge in [-0.3, -0.25) is 9.59 Å². The Hall–Kier alpha value is -2.53. The molecule has 2 rings (SSSR count). The van der Waals surface area contributed by atoms with Gasteiger partial charge in [0.2, 0.25) is 11.8 Å². The summed E-state index contributed by atoms with van der Waals surface area (Å²) in [7, 11) is 0. The molecule has 5 nitrogen and oxygen atoms in total. The summed E-state index contributed by atoms with van der Waals surface area (Å²) in [6.45, 7) is 6.71. The zero-order valence-electron chi connectivity index (χ0n) is 18.6. The highest BCUT2D eigenvalue weighted by Crippen LogP contribution is 2.16. The zero-order chi connectivity index (χ0) is 22.6. The molecule has 2 aromatic rings. The van der Waals surface area contributed by atoms with Crippen molar-refractivity contribution in [1.29, 1.82) is 0 Å². The van der Waals surface area contributed by atoms with Crippen LogP contribution in [0.3, 0.4) is 0 Å². The Labute approximate surface area is 190 Å². The summed E-state index contributed by atoms with van der Waals surface area (Å²) in [5, 5.41) is 3.64. The van der Waals surface area contributed by atoms with E-state index in [-0.39, 0.29) is 17.9 Å². The normalized spacial score (nSPS) is 12.6. The van der Waals surface area contributed by atoms with E-state index in [0.717, 1.165) is 17.7 Å². The van der Waals surface area contributed by atoms with Crippen LogP contribution in [0.15, 0.2) is 54.6 Å². The van der Waals surface area contributed by atoms with Crippen molar-refractivity contribution in [3.8, 4) is 5.75 Å². The number of nitrogens with one attached hydrogen (secondary N) is 1. The molecule has 2 aromatic carbocycles. The first kappa shape index (κ1) is 24.7. The van der Waals surface area contributed by atoms with Crippen molar-refractivity contribution in [1.82, 2.24) is 10.2 Å². The second-order valence-corrected chi connectivity index (χ2v) is 8.16. The smallest absolute Gasteiger partial charge is 0.242 e. The van der Waals surface area contributed by atoms with Gasteiger partial charge in [-0.2, -0.15) is 0 Å². The van der Waals surface area contributed by atoms with E-state index in [1.807, 2.05) is 44.2 Å². The summed E-state index contributed by atoms with van der Waals surface area (Å²) in [4.78, 5) is 27.4. The number of benzene rings is 2. The Kier molecular flexibility index (Phi) is 10.4. The maximum atomic E-state index is 13.0. The summed E-state index contributed by atoms with van der Waals surface area (Å²) in [5.41, 5.74) is 1.14. The van der Waals surface area contributed by atoms with Gasteiger partial charge in [0, 0.05) is 24.0 Å². The second kappa shape index (κ2) is 13.0. The second-order valence-electron chi connectivity index (χ2n) is 7.72. The van der Waals surface area contributed by atoms with Gasteiger partial charge in [-0.15, -0.1) is 0 Å². The van der Waals surface area contributed by atoms with E-state index < -0.39 is 6.04 Å². The molecule has 0 saturated heterocycles. The molecule has 0 aliphatic carbocycles. The average Bonchev–Trinajstić information content (AvgIpc) is 2.78. The van der Waals surface area contributed by atoms with Crippen molar-refractivity contribution in [3.05, 3.63) is 65.2 Å². The lowest BCUT2D eigenvalue weighted by Gasteiger charge is -2.29. The quantitative estimate of drug-likeness (QED) is 0.475. The third-order valence-corrected chi connectivity index (χ3v) is 5.52. The van der Waals surface area contributed by atoms with Crippen LogP contribution in [0.1, 0.15) is 45.6 Å². The fourth-order valence-corrected chi connectivity index (χ4v) is 3.25. The maximum absolute atomic E-state index is 13.0. The third kappa shape index (κ3) is 8.62. The topological polar surface area (TPSA) is 58.6 Å². The standard InChI is InChI=1S/C25H33ClN2O3/c1-4-19(2)27-25(30)20(3)28(17-16-21-9-6-5-7-10-21)24(29)11-8-18-31-23-14-12-22(26)13-15-23/h5-7,9-10,12-15,19-20H,4,8,11,16-18H2,1-3H3,(H,27,30). The van der Waals surface area contributed by atoms with Crippen molar-refractivity contribution in [2.75, 3.05) is 13.2 Å². The highest BCUT2D eigenvalue weighted by molar-refractivity contribution is 6.30. The van der Waals surface area contributed by atoms with E-state index in [9.17, 15) is 9.59 Å².